The quantitative estimate of drug-likeness (QED) is 0.730. The van der Waals surface area contributed by atoms with E-state index in [1.807, 2.05) is 42.5 Å². The third kappa shape index (κ3) is 2.36. The van der Waals surface area contributed by atoms with Crippen molar-refractivity contribution in [2.24, 2.45) is 0 Å². The van der Waals surface area contributed by atoms with Gasteiger partial charge < -0.3 is 14.3 Å². The van der Waals surface area contributed by atoms with Crippen molar-refractivity contribution in [1.29, 1.82) is 0 Å². The Morgan fingerprint density at radius 1 is 1.16 bits per heavy atom. The zero-order chi connectivity index (χ0) is 17.6. The van der Waals surface area contributed by atoms with E-state index < -0.39 is 5.41 Å². The van der Waals surface area contributed by atoms with Crippen LogP contribution in [0.4, 0.5) is 0 Å². The van der Waals surface area contributed by atoms with Gasteiger partial charge in [-0.25, -0.2) is 0 Å². The number of rotatable bonds is 4. The Balaban J connectivity index is 1.85. The van der Waals surface area contributed by atoms with Crippen molar-refractivity contribution >= 4 is 16.8 Å². The number of para-hydroxylation sites is 1. The minimum absolute atomic E-state index is 0.00353. The van der Waals surface area contributed by atoms with Crippen molar-refractivity contribution in [3.8, 4) is 5.75 Å². The Morgan fingerprint density at radius 3 is 2.76 bits per heavy atom. The molecule has 0 amide bonds. The zero-order valence-corrected chi connectivity index (χ0v) is 14.3. The molecule has 0 saturated carbocycles. The minimum atomic E-state index is -0.437. The van der Waals surface area contributed by atoms with Crippen LogP contribution in [0.5, 0.6) is 5.75 Å². The van der Waals surface area contributed by atoms with Gasteiger partial charge in [0.1, 0.15) is 17.1 Å². The Kier molecular flexibility index (Phi) is 3.65. The fraction of sp³-hybridized carbons (Fsp3) is 0.286. The van der Waals surface area contributed by atoms with Crippen molar-refractivity contribution in [1.82, 2.24) is 0 Å². The molecule has 0 bridgehead atoms. The minimum Gasteiger partial charge on any atom is -0.493 e. The van der Waals surface area contributed by atoms with Crippen molar-refractivity contribution in [2.75, 3.05) is 13.2 Å². The molecule has 1 N–H and O–H groups in total. The first kappa shape index (κ1) is 15.9. The second-order valence-electron chi connectivity index (χ2n) is 6.89. The summed E-state index contributed by atoms with van der Waals surface area (Å²) >= 11 is 0. The molecule has 0 spiro atoms. The van der Waals surface area contributed by atoms with Crippen LogP contribution >= 0.6 is 0 Å². The van der Waals surface area contributed by atoms with Crippen LogP contribution in [0.15, 0.2) is 46.9 Å². The summed E-state index contributed by atoms with van der Waals surface area (Å²) in [6, 6.07) is 13.2. The molecule has 4 nitrogen and oxygen atoms in total. The lowest BCUT2D eigenvalue weighted by Gasteiger charge is -2.30. The lowest BCUT2D eigenvalue weighted by Crippen LogP contribution is -2.29. The molecule has 128 valence electrons. The molecule has 2 aromatic carbocycles. The van der Waals surface area contributed by atoms with Gasteiger partial charge in [0.05, 0.1) is 12.2 Å². The van der Waals surface area contributed by atoms with Gasteiger partial charge in [0.15, 0.2) is 5.78 Å². The third-order valence-electron chi connectivity index (χ3n) is 4.87. The highest BCUT2D eigenvalue weighted by Gasteiger charge is 2.41. The average molecular weight is 336 g/mol. The number of aliphatic hydroxyl groups is 1. The number of hydrogen-bond donors (Lipinski definition) is 1. The van der Waals surface area contributed by atoms with E-state index in [4.69, 9.17) is 14.3 Å². The van der Waals surface area contributed by atoms with Crippen LogP contribution in [0.25, 0.3) is 11.0 Å². The lowest BCUT2D eigenvalue weighted by atomic mass is 9.72. The molecule has 0 unspecified atom stereocenters. The summed E-state index contributed by atoms with van der Waals surface area (Å²) < 4.78 is 11.8. The van der Waals surface area contributed by atoms with Crippen molar-refractivity contribution in [3.05, 3.63) is 64.9 Å². The molecular weight excluding hydrogens is 316 g/mol. The Morgan fingerprint density at radius 2 is 1.96 bits per heavy atom. The van der Waals surface area contributed by atoms with Crippen molar-refractivity contribution in [2.45, 2.75) is 25.7 Å². The molecule has 4 heteroatoms. The summed E-state index contributed by atoms with van der Waals surface area (Å²) in [6.07, 6.45) is 0.577. The number of benzene rings is 2. The molecule has 4 rings (SSSR count). The summed E-state index contributed by atoms with van der Waals surface area (Å²) in [5.74, 6) is 1.41. The highest BCUT2D eigenvalue weighted by atomic mass is 16.5. The average Bonchev–Trinajstić information content (AvgIpc) is 3.01. The number of aliphatic hydroxyl groups excluding tert-OH is 1. The molecule has 0 radical (unpaired) electrons. The maximum Gasteiger partial charge on any atom is 0.197 e. The second kappa shape index (κ2) is 5.74. The summed E-state index contributed by atoms with van der Waals surface area (Å²) in [6.45, 7) is 4.67. The molecule has 0 saturated heterocycles. The number of carbonyl (C=O) groups excluding carboxylic acids is 1. The predicted molar refractivity (Wildman–Crippen MR) is 95.4 cm³/mol. The lowest BCUT2D eigenvalue weighted by molar-refractivity contribution is 0.102. The number of ketones is 1. The summed E-state index contributed by atoms with van der Waals surface area (Å²) in [4.78, 5) is 13.1. The maximum absolute atomic E-state index is 13.1. The Labute approximate surface area is 146 Å². The van der Waals surface area contributed by atoms with Crippen LogP contribution in [0.3, 0.4) is 0 Å². The van der Waals surface area contributed by atoms with Crippen LogP contribution in [0.2, 0.25) is 0 Å². The molecule has 0 fully saturated rings. The number of carbonyl (C=O) groups is 1. The van der Waals surface area contributed by atoms with Gasteiger partial charge >= 0.3 is 0 Å². The van der Waals surface area contributed by atoms with E-state index in [9.17, 15) is 4.79 Å². The first-order chi connectivity index (χ1) is 12.0. The maximum atomic E-state index is 13.1. The first-order valence-corrected chi connectivity index (χ1v) is 8.49. The fourth-order valence-electron chi connectivity index (χ4n) is 3.55. The molecule has 25 heavy (non-hydrogen) atoms. The van der Waals surface area contributed by atoms with E-state index in [1.54, 1.807) is 0 Å². The molecule has 0 aliphatic heterocycles. The SMILES string of the molecule is CC1(C)c2cc(OCCCO)ccc2C(=O)c2c1oc1ccccc21. The number of ether oxygens (including phenoxy) is 1. The summed E-state index contributed by atoms with van der Waals surface area (Å²) in [5, 5.41) is 9.76. The normalized spacial score (nSPS) is 15.1. The molecule has 1 aromatic heterocycles. The fourth-order valence-corrected chi connectivity index (χ4v) is 3.55. The van der Waals surface area contributed by atoms with Crippen LogP contribution < -0.4 is 4.74 Å². The van der Waals surface area contributed by atoms with E-state index in [0.717, 1.165) is 16.5 Å². The number of hydrogen-bond acceptors (Lipinski definition) is 4. The second-order valence-corrected chi connectivity index (χ2v) is 6.89. The molecule has 0 atom stereocenters. The predicted octanol–water partition coefficient (Wildman–Crippen LogP) is 4.06. The first-order valence-electron chi connectivity index (χ1n) is 8.49. The summed E-state index contributed by atoms with van der Waals surface area (Å²) in [7, 11) is 0. The van der Waals surface area contributed by atoms with E-state index in [2.05, 4.69) is 13.8 Å². The van der Waals surface area contributed by atoms with Crippen LogP contribution in [0, 0.1) is 0 Å². The highest BCUT2D eigenvalue weighted by molar-refractivity contribution is 6.19. The van der Waals surface area contributed by atoms with Gasteiger partial charge in [0, 0.05) is 29.4 Å². The van der Waals surface area contributed by atoms with Gasteiger partial charge in [-0.1, -0.05) is 18.2 Å². The third-order valence-corrected chi connectivity index (χ3v) is 4.87. The van der Waals surface area contributed by atoms with Crippen LogP contribution in [-0.2, 0) is 5.41 Å². The topological polar surface area (TPSA) is 59.7 Å². The van der Waals surface area contributed by atoms with Crippen molar-refractivity contribution in [3.63, 3.8) is 0 Å². The highest BCUT2D eigenvalue weighted by Crippen LogP contribution is 2.46. The van der Waals surface area contributed by atoms with Gasteiger partial charge in [0.2, 0.25) is 0 Å². The van der Waals surface area contributed by atoms with Crippen molar-refractivity contribution < 1.29 is 19.1 Å². The van der Waals surface area contributed by atoms with Gasteiger partial charge in [-0.05, 0) is 43.7 Å². The molecular formula is C21H20O4. The smallest absolute Gasteiger partial charge is 0.197 e. The Hall–Kier alpha value is -2.59. The number of furan rings is 1. The molecule has 1 heterocycles. The van der Waals surface area contributed by atoms with Gasteiger partial charge in [0.25, 0.3) is 0 Å². The standard InChI is InChI=1S/C21H20O4/c1-21(2)16-12-13(24-11-5-10-22)8-9-14(16)19(23)18-15-6-3-4-7-17(15)25-20(18)21/h3-4,6-9,12,22H,5,10-11H2,1-2H3. The Bertz CT molecular complexity index is 965. The molecule has 1 aliphatic rings. The largest absolute Gasteiger partial charge is 0.493 e. The molecule has 1 aliphatic carbocycles. The van der Waals surface area contributed by atoms with Gasteiger partial charge in [-0.3, -0.25) is 4.79 Å². The zero-order valence-electron chi connectivity index (χ0n) is 14.3. The van der Waals surface area contributed by atoms with Gasteiger partial charge in [-0.15, -0.1) is 0 Å². The van der Waals surface area contributed by atoms with Gasteiger partial charge in [-0.2, -0.15) is 0 Å². The van der Waals surface area contributed by atoms with E-state index in [-0.39, 0.29) is 12.4 Å². The number of fused-ring (bicyclic) bond motifs is 4. The van der Waals surface area contributed by atoms with Crippen LogP contribution in [-0.4, -0.2) is 24.1 Å². The van der Waals surface area contributed by atoms with E-state index in [0.29, 0.717) is 35.7 Å². The van der Waals surface area contributed by atoms with E-state index in [1.165, 1.54) is 0 Å². The van der Waals surface area contributed by atoms with Crippen LogP contribution in [0.1, 0.15) is 47.5 Å². The summed E-state index contributed by atoms with van der Waals surface area (Å²) in [5.41, 5.74) is 2.57. The molecule has 3 aromatic rings. The van der Waals surface area contributed by atoms with E-state index >= 15 is 0 Å². The monoisotopic (exact) mass is 336 g/mol.